The lowest BCUT2D eigenvalue weighted by molar-refractivity contribution is 0.0943. The molecule has 6 heteroatoms. The molecule has 1 heterocycles. The molecule has 1 amide bonds. The fourth-order valence-electron chi connectivity index (χ4n) is 2.52. The zero-order chi connectivity index (χ0) is 16.3. The van der Waals surface area contributed by atoms with Crippen LogP contribution in [0, 0.1) is 5.92 Å². The Morgan fingerprint density at radius 2 is 1.91 bits per heavy atom. The molecule has 0 spiro atoms. The highest BCUT2D eigenvalue weighted by Crippen LogP contribution is 2.23. The van der Waals surface area contributed by atoms with Gasteiger partial charge in [0.05, 0.1) is 4.90 Å². The quantitative estimate of drug-likeness (QED) is 0.924. The number of sulfonamides is 1. The average molecular weight is 324 g/mol. The largest absolute Gasteiger partial charge is 0.350 e. The van der Waals surface area contributed by atoms with Crippen LogP contribution in [0.1, 0.15) is 44.0 Å². The summed E-state index contributed by atoms with van der Waals surface area (Å²) in [5.41, 5.74) is 0.375. The number of benzene rings is 1. The van der Waals surface area contributed by atoms with E-state index in [1.807, 2.05) is 13.8 Å². The summed E-state index contributed by atoms with van der Waals surface area (Å²) in [4.78, 5) is 12.2. The van der Waals surface area contributed by atoms with Crippen molar-refractivity contribution >= 4 is 15.9 Å². The van der Waals surface area contributed by atoms with E-state index in [4.69, 9.17) is 0 Å². The predicted molar refractivity (Wildman–Crippen MR) is 86.2 cm³/mol. The molecule has 1 saturated heterocycles. The van der Waals surface area contributed by atoms with Crippen molar-refractivity contribution in [2.24, 2.45) is 5.92 Å². The highest BCUT2D eigenvalue weighted by Gasteiger charge is 2.28. The number of hydrogen-bond donors (Lipinski definition) is 1. The first kappa shape index (κ1) is 17.0. The lowest BCUT2D eigenvalue weighted by atomic mass is 10.0. The first-order valence-electron chi connectivity index (χ1n) is 7.72. The van der Waals surface area contributed by atoms with Crippen molar-refractivity contribution in [3.8, 4) is 0 Å². The summed E-state index contributed by atoms with van der Waals surface area (Å²) in [5, 5.41) is 2.78. The molecule has 0 aromatic heterocycles. The van der Waals surface area contributed by atoms with E-state index in [1.165, 1.54) is 10.4 Å². The molecule has 1 aliphatic heterocycles. The van der Waals surface area contributed by atoms with Gasteiger partial charge in [-0.25, -0.2) is 8.42 Å². The number of carbonyl (C=O) groups excluding carboxylic acids is 1. The second kappa shape index (κ2) is 6.79. The molecule has 0 bridgehead atoms. The van der Waals surface area contributed by atoms with Crippen LogP contribution in [-0.2, 0) is 10.0 Å². The number of amides is 1. The Bertz CT molecular complexity index is 633. The van der Waals surface area contributed by atoms with Gasteiger partial charge in [0.25, 0.3) is 5.91 Å². The van der Waals surface area contributed by atoms with Crippen LogP contribution >= 0.6 is 0 Å². The predicted octanol–water partition coefficient (Wildman–Crippen LogP) is 2.25. The van der Waals surface area contributed by atoms with Crippen LogP contribution in [0.2, 0.25) is 0 Å². The summed E-state index contributed by atoms with van der Waals surface area (Å²) in [5.74, 6) is 0.314. The zero-order valence-electron chi connectivity index (χ0n) is 13.4. The van der Waals surface area contributed by atoms with Crippen molar-refractivity contribution < 1.29 is 13.2 Å². The third kappa shape index (κ3) is 3.87. The standard InChI is InChI=1S/C16H24N2O3S/c1-12(2)17-16(19)14-5-4-6-15(11-14)22(20,21)18-9-7-13(3)8-10-18/h4-6,11-13H,7-10H2,1-3H3,(H,17,19). The lowest BCUT2D eigenvalue weighted by Gasteiger charge is -2.29. The Morgan fingerprint density at radius 3 is 2.50 bits per heavy atom. The minimum atomic E-state index is -3.52. The third-order valence-electron chi connectivity index (χ3n) is 3.90. The summed E-state index contributed by atoms with van der Waals surface area (Å²) in [7, 11) is -3.52. The van der Waals surface area contributed by atoms with E-state index in [1.54, 1.807) is 18.2 Å². The Kier molecular flexibility index (Phi) is 5.24. The van der Waals surface area contributed by atoms with Crippen molar-refractivity contribution in [1.29, 1.82) is 0 Å². The van der Waals surface area contributed by atoms with E-state index in [-0.39, 0.29) is 16.8 Å². The van der Waals surface area contributed by atoms with Gasteiger partial charge in [0.15, 0.2) is 0 Å². The topological polar surface area (TPSA) is 66.5 Å². The van der Waals surface area contributed by atoms with E-state index in [2.05, 4.69) is 12.2 Å². The zero-order valence-corrected chi connectivity index (χ0v) is 14.2. The van der Waals surface area contributed by atoms with Gasteiger partial charge in [-0.05, 0) is 50.8 Å². The fourth-order valence-corrected chi connectivity index (χ4v) is 4.03. The molecule has 1 aromatic rings. The van der Waals surface area contributed by atoms with Gasteiger partial charge in [0, 0.05) is 24.7 Å². The number of nitrogens with zero attached hydrogens (tertiary/aromatic N) is 1. The Hall–Kier alpha value is -1.40. The number of nitrogens with one attached hydrogen (secondary N) is 1. The van der Waals surface area contributed by atoms with E-state index in [9.17, 15) is 13.2 Å². The van der Waals surface area contributed by atoms with E-state index < -0.39 is 10.0 Å². The smallest absolute Gasteiger partial charge is 0.251 e. The second-order valence-electron chi connectivity index (χ2n) is 6.24. The van der Waals surface area contributed by atoms with Crippen LogP contribution < -0.4 is 5.32 Å². The van der Waals surface area contributed by atoms with E-state index in [0.717, 1.165) is 12.8 Å². The third-order valence-corrected chi connectivity index (χ3v) is 5.79. The van der Waals surface area contributed by atoms with Crippen molar-refractivity contribution in [2.45, 2.75) is 44.6 Å². The number of piperidine rings is 1. The van der Waals surface area contributed by atoms with Gasteiger partial charge in [-0.2, -0.15) is 4.31 Å². The summed E-state index contributed by atoms with van der Waals surface area (Å²) in [6.45, 7) is 6.97. The van der Waals surface area contributed by atoms with Crippen LogP contribution in [-0.4, -0.2) is 37.8 Å². The summed E-state index contributed by atoms with van der Waals surface area (Å²) >= 11 is 0. The minimum absolute atomic E-state index is 0.0105. The molecular formula is C16H24N2O3S. The summed E-state index contributed by atoms with van der Waals surface area (Å²) in [6.07, 6.45) is 1.76. The monoisotopic (exact) mass is 324 g/mol. The highest BCUT2D eigenvalue weighted by molar-refractivity contribution is 7.89. The van der Waals surface area contributed by atoms with E-state index in [0.29, 0.717) is 24.6 Å². The van der Waals surface area contributed by atoms with Gasteiger partial charge in [0.1, 0.15) is 0 Å². The minimum Gasteiger partial charge on any atom is -0.350 e. The first-order valence-corrected chi connectivity index (χ1v) is 9.16. The molecule has 5 nitrogen and oxygen atoms in total. The maximum absolute atomic E-state index is 12.7. The number of hydrogen-bond acceptors (Lipinski definition) is 3. The number of carbonyl (C=O) groups is 1. The Labute approximate surface area is 132 Å². The number of rotatable bonds is 4. The fraction of sp³-hybridized carbons (Fsp3) is 0.562. The van der Waals surface area contributed by atoms with Crippen molar-refractivity contribution in [3.63, 3.8) is 0 Å². The van der Waals surface area contributed by atoms with Crippen molar-refractivity contribution in [1.82, 2.24) is 9.62 Å². The molecule has 1 N–H and O–H groups in total. The lowest BCUT2D eigenvalue weighted by Crippen LogP contribution is -2.38. The van der Waals surface area contributed by atoms with Crippen molar-refractivity contribution in [3.05, 3.63) is 29.8 Å². The first-order chi connectivity index (χ1) is 10.3. The second-order valence-corrected chi connectivity index (χ2v) is 8.18. The molecule has 1 aliphatic rings. The molecule has 0 radical (unpaired) electrons. The van der Waals surface area contributed by atoms with Gasteiger partial charge >= 0.3 is 0 Å². The van der Waals surface area contributed by atoms with Crippen LogP contribution in [0.4, 0.5) is 0 Å². The highest BCUT2D eigenvalue weighted by atomic mass is 32.2. The normalized spacial score (nSPS) is 17.6. The van der Waals surface area contributed by atoms with Gasteiger partial charge in [0.2, 0.25) is 10.0 Å². The maximum atomic E-state index is 12.7. The molecule has 0 saturated carbocycles. The molecule has 0 unspecified atom stereocenters. The van der Waals surface area contributed by atoms with Crippen LogP contribution in [0.15, 0.2) is 29.2 Å². The van der Waals surface area contributed by atoms with Gasteiger partial charge < -0.3 is 5.32 Å². The van der Waals surface area contributed by atoms with Gasteiger partial charge in [-0.3, -0.25) is 4.79 Å². The van der Waals surface area contributed by atoms with Crippen LogP contribution in [0.25, 0.3) is 0 Å². The maximum Gasteiger partial charge on any atom is 0.251 e. The summed E-state index contributed by atoms with van der Waals surface area (Å²) < 4.78 is 26.9. The van der Waals surface area contributed by atoms with Gasteiger partial charge in [-0.1, -0.05) is 13.0 Å². The Morgan fingerprint density at radius 1 is 1.27 bits per heavy atom. The molecule has 22 heavy (non-hydrogen) atoms. The molecule has 0 atom stereocenters. The molecule has 0 aliphatic carbocycles. The molecule has 1 aromatic carbocycles. The van der Waals surface area contributed by atoms with Crippen LogP contribution in [0.5, 0.6) is 0 Å². The Balaban J connectivity index is 2.23. The van der Waals surface area contributed by atoms with Crippen LogP contribution in [0.3, 0.4) is 0 Å². The van der Waals surface area contributed by atoms with E-state index >= 15 is 0 Å². The molecule has 1 fully saturated rings. The van der Waals surface area contributed by atoms with Gasteiger partial charge in [-0.15, -0.1) is 0 Å². The molecular weight excluding hydrogens is 300 g/mol. The summed E-state index contributed by atoms with van der Waals surface area (Å²) in [6, 6.07) is 6.28. The SMILES string of the molecule is CC1CCN(S(=O)(=O)c2cccc(C(=O)NC(C)C)c2)CC1. The average Bonchev–Trinajstić information content (AvgIpc) is 2.47. The molecule has 122 valence electrons. The van der Waals surface area contributed by atoms with Crippen molar-refractivity contribution in [2.75, 3.05) is 13.1 Å². The molecule has 2 rings (SSSR count).